The van der Waals surface area contributed by atoms with Crippen molar-refractivity contribution in [3.8, 4) is 0 Å². The monoisotopic (exact) mass is 256 g/mol. The molecule has 18 heavy (non-hydrogen) atoms. The number of carboxylic acids is 1. The van der Waals surface area contributed by atoms with E-state index in [0.717, 1.165) is 12.8 Å². The first-order chi connectivity index (χ1) is 8.32. The van der Waals surface area contributed by atoms with Gasteiger partial charge < -0.3 is 15.3 Å². The average Bonchev–Trinajstić information content (AvgIpc) is 2.21. The number of carbonyl (C=O) groups is 2. The molecule has 0 heterocycles. The van der Waals surface area contributed by atoms with Gasteiger partial charge in [0.15, 0.2) is 0 Å². The Balaban J connectivity index is 2.44. The summed E-state index contributed by atoms with van der Waals surface area (Å²) in [5.74, 6) is -0.713. The van der Waals surface area contributed by atoms with E-state index in [1.54, 1.807) is 0 Å². The minimum absolute atomic E-state index is 0.211. The Bertz CT molecular complexity index is 311. The van der Waals surface area contributed by atoms with Crippen LogP contribution >= 0.6 is 0 Å². The molecule has 0 bridgehead atoms. The summed E-state index contributed by atoms with van der Waals surface area (Å²) in [5.41, 5.74) is 0.211. The first-order valence-corrected chi connectivity index (χ1v) is 6.57. The lowest BCUT2D eigenvalue weighted by atomic mass is 9.70. The third-order valence-corrected chi connectivity index (χ3v) is 3.43. The highest BCUT2D eigenvalue weighted by atomic mass is 16.4. The maximum atomic E-state index is 12.0. The molecule has 5 heteroatoms. The van der Waals surface area contributed by atoms with E-state index in [2.05, 4.69) is 12.2 Å². The molecule has 2 amide bonds. The van der Waals surface area contributed by atoms with E-state index in [9.17, 15) is 9.59 Å². The maximum Gasteiger partial charge on any atom is 0.323 e. The summed E-state index contributed by atoms with van der Waals surface area (Å²) in [5, 5.41) is 11.7. The lowest BCUT2D eigenvalue weighted by Crippen LogP contribution is -2.48. The third kappa shape index (κ3) is 4.55. The predicted octanol–water partition coefficient (Wildman–Crippen LogP) is 1.93. The summed E-state index contributed by atoms with van der Waals surface area (Å²) >= 11 is 0. The molecule has 0 spiro atoms. The van der Waals surface area contributed by atoms with Crippen LogP contribution in [0.15, 0.2) is 0 Å². The van der Waals surface area contributed by atoms with Crippen LogP contribution in [0.4, 0.5) is 4.79 Å². The molecule has 0 aliphatic heterocycles. The number of amides is 2. The fraction of sp³-hybridized carbons (Fsp3) is 0.846. The summed E-state index contributed by atoms with van der Waals surface area (Å²) in [7, 11) is 0. The maximum absolute atomic E-state index is 12.0. The Hall–Kier alpha value is -1.26. The quantitative estimate of drug-likeness (QED) is 0.763. The molecule has 0 radical (unpaired) electrons. The molecule has 0 aromatic heterocycles. The van der Waals surface area contributed by atoms with Crippen LogP contribution in [0.5, 0.6) is 0 Å². The van der Waals surface area contributed by atoms with E-state index in [0.29, 0.717) is 13.1 Å². The van der Waals surface area contributed by atoms with Gasteiger partial charge in [0.1, 0.15) is 6.54 Å². The van der Waals surface area contributed by atoms with E-state index in [1.165, 1.54) is 11.3 Å². The number of rotatable bonds is 6. The van der Waals surface area contributed by atoms with Gasteiger partial charge in [-0.2, -0.15) is 0 Å². The average molecular weight is 256 g/mol. The molecule has 1 fully saturated rings. The summed E-state index contributed by atoms with van der Waals surface area (Å²) in [6.45, 7) is 6.96. The van der Waals surface area contributed by atoms with Crippen molar-refractivity contribution in [3.63, 3.8) is 0 Å². The summed E-state index contributed by atoms with van der Waals surface area (Å²) in [6, 6.07) is -0.265. The highest BCUT2D eigenvalue weighted by molar-refractivity contribution is 5.80. The fourth-order valence-corrected chi connectivity index (χ4v) is 2.18. The van der Waals surface area contributed by atoms with Crippen LogP contribution in [0.1, 0.15) is 40.0 Å². The van der Waals surface area contributed by atoms with Gasteiger partial charge in [-0.1, -0.05) is 27.2 Å². The molecule has 5 nitrogen and oxygen atoms in total. The Kier molecular flexibility index (Phi) is 4.99. The zero-order valence-corrected chi connectivity index (χ0v) is 11.5. The Morgan fingerprint density at radius 2 is 2.00 bits per heavy atom. The van der Waals surface area contributed by atoms with Gasteiger partial charge in [-0.25, -0.2) is 4.79 Å². The number of hydrogen-bond donors (Lipinski definition) is 2. The lowest BCUT2D eigenvalue weighted by Gasteiger charge is -2.39. The Morgan fingerprint density at radius 3 is 2.39 bits per heavy atom. The molecule has 0 atom stereocenters. The van der Waals surface area contributed by atoms with Crippen LogP contribution in [-0.4, -0.2) is 41.6 Å². The third-order valence-electron chi connectivity index (χ3n) is 3.43. The lowest BCUT2D eigenvalue weighted by molar-refractivity contribution is -0.137. The van der Waals surface area contributed by atoms with Crippen LogP contribution in [0.2, 0.25) is 0 Å². The van der Waals surface area contributed by atoms with Crippen LogP contribution in [0, 0.1) is 11.3 Å². The summed E-state index contributed by atoms with van der Waals surface area (Å²) in [4.78, 5) is 24.1. The fourth-order valence-electron chi connectivity index (χ4n) is 2.18. The van der Waals surface area contributed by atoms with Gasteiger partial charge in [-0.15, -0.1) is 0 Å². The molecular formula is C13H24N2O3. The summed E-state index contributed by atoms with van der Waals surface area (Å²) < 4.78 is 0. The minimum Gasteiger partial charge on any atom is -0.480 e. The predicted molar refractivity (Wildman–Crippen MR) is 69.4 cm³/mol. The highest BCUT2D eigenvalue weighted by Gasteiger charge is 2.32. The van der Waals surface area contributed by atoms with E-state index in [1.807, 2.05) is 13.8 Å². The summed E-state index contributed by atoms with van der Waals surface area (Å²) in [6.07, 6.45) is 3.49. The zero-order valence-electron chi connectivity index (χ0n) is 11.5. The molecule has 0 saturated heterocycles. The Labute approximate surface area is 109 Å². The normalized spacial score (nSPS) is 17.1. The number of hydrogen-bond acceptors (Lipinski definition) is 2. The van der Waals surface area contributed by atoms with Crippen LogP contribution in [0.3, 0.4) is 0 Å². The molecular weight excluding hydrogens is 232 g/mol. The van der Waals surface area contributed by atoms with Crippen molar-refractivity contribution in [3.05, 3.63) is 0 Å². The molecule has 1 rings (SSSR count). The second-order valence-corrected chi connectivity index (χ2v) is 5.99. The van der Waals surface area contributed by atoms with E-state index < -0.39 is 5.97 Å². The molecule has 0 aromatic carbocycles. The number of nitrogens with zero attached hydrogens (tertiary/aromatic N) is 1. The van der Waals surface area contributed by atoms with Gasteiger partial charge in [0.2, 0.25) is 0 Å². The van der Waals surface area contributed by atoms with Gasteiger partial charge in [0.25, 0.3) is 0 Å². The molecule has 0 aromatic rings. The van der Waals surface area contributed by atoms with Crippen molar-refractivity contribution in [1.29, 1.82) is 0 Å². The van der Waals surface area contributed by atoms with Gasteiger partial charge in [0, 0.05) is 13.1 Å². The van der Waals surface area contributed by atoms with E-state index in [4.69, 9.17) is 5.11 Å². The van der Waals surface area contributed by atoms with Gasteiger partial charge in [0.05, 0.1) is 0 Å². The van der Waals surface area contributed by atoms with Crippen LogP contribution in [-0.2, 0) is 4.79 Å². The van der Waals surface area contributed by atoms with Crippen LogP contribution < -0.4 is 5.32 Å². The first-order valence-electron chi connectivity index (χ1n) is 6.57. The largest absolute Gasteiger partial charge is 0.480 e. The molecule has 1 saturated carbocycles. The number of urea groups is 1. The second kappa shape index (κ2) is 6.07. The molecule has 0 unspecified atom stereocenters. The van der Waals surface area contributed by atoms with Crippen molar-refractivity contribution >= 4 is 12.0 Å². The van der Waals surface area contributed by atoms with Crippen molar-refractivity contribution in [2.45, 2.75) is 40.0 Å². The highest BCUT2D eigenvalue weighted by Crippen LogP contribution is 2.39. The van der Waals surface area contributed by atoms with Crippen molar-refractivity contribution < 1.29 is 14.7 Å². The Morgan fingerprint density at radius 1 is 1.39 bits per heavy atom. The smallest absolute Gasteiger partial charge is 0.323 e. The van der Waals surface area contributed by atoms with Crippen LogP contribution in [0.25, 0.3) is 0 Å². The first kappa shape index (κ1) is 14.8. The number of aliphatic carboxylic acids is 1. The van der Waals surface area contributed by atoms with Crippen molar-refractivity contribution in [2.24, 2.45) is 11.3 Å². The SMILES string of the molecule is CC(C)CN(CC(=O)O)C(=O)NCC1(C)CCC1. The minimum atomic E-state index is -0.972. The van der Waals surface area contributed by atoms with Gasteiger partial charge >= 0.3 is 12.0 Å². The van der Waals surface area contributed by atoms with Gasteiger partial charge in [-0.05, 0) is 24.2 Å². The van der Waals surface area contributed by atoms with E-state index >= 15 is 0 Å². The number of carboxylic acid groups (broad SMARTS) is 1. The van der Waals surface area contributed by atoms with E-state index in [-0.39, 0.29) is 23.9 Å². The molecule has 1 aliphatic carbocycles. The van der Waals surface area contributed by atoms with Crippen molar-refractivity contribution in [2.75, 3.05) is 19.6 Å². The van der Waals surface area contributed by atoms with Crippen molar-refractivity contribution in [1.82, 2.24) is 10.2 Å². The second-order valence-electron chi connectivity index (χ2n) is 5.99. The topological polar surface area (TPSA) is 69.6 Å². The molecule has 104 valence electrons. The molecule has 1 aliphatic rings. The zero-order chi connectivity index (χ0) is 13.8. The standard InChI is InChI=1S/C13H24N2O3/c1-10(2)7-15(8-11(16)17)12(18)14-9-13(3)5-4-6-13/h10H,4-9H2,1-3H3,(H,14,18)(H,16,17). The van der Waals surface area contributed by atoms with Gasteiger partial charge in [-0.3, -0.25) is 4.79 Å². The molecule has 2 N–H and O–H groups in total. The number of carbonyl (C=O) groups excluding carboxylic acids is 1. The number of nitrogens with one attached hydrogen (secondary N) is 1.